The highest BCUT2D eigenvalue weighted by Crippen LogP contribution is 2.42. The third kappa shape index (κ3) is 4.30. The van der Waals surface area contributed by atoms with Crippen LogP contribution in [0, 0.1) is 11.3 Å². The van der Waals surface area contributed by atoms with Crippen LogP contribution in [-0.2, 0) is 14.3 Å². The van der Waals surface area contributed by atoms with Gasteiger partial charge in [0.25, 0.3) is 0 Å². The topological polar surface area (TPSA) is 135 Å². The van der Waals surface area contributed by atoms with E-state index >= 15 is 0 Å². The van der Waals surface area contributed by atoms with Gasteiger partial charge in [-0.2, -0.15) is 5.26 Å². The van der Waals surface area contributed by atoms with Crippen LogP contribution in [0.3, 0.4) is 0 Å². The Morgan fingerprint density at radius 3 is 2.64 bits per heavy atom. The fourth-order valence-corrected chi connectivity index (χ4v) is 2.98. The maximum absolute atomic E-state index is 12.6. The number of nitrogens with zero attached hydrogens (tertiary/aromatic N) is 1. The van der Waals surface area contributed by atoms with E-state index in [1.807, 2.05) is 19.9 Å². The quantitative estimate of drug-likeness (QED) is 0.483. The number of ether oxygens (including phenoxy) is 3. The minimum absolute atomic E-state index is 0.00633. The lowest BCUT2D eigenvalue weighted by Crippen LogP contribution is -2.32. The second kappa shape index (κ2) is 8.82. The first-order chi connectivity index (χ1) is 13.2. The van der Waals surface area contributed by atoms with Crippen LogP contribution in [0.2, 0.25) is 0 Å². The number of hydrogen-bond donors (Lipinski definition) is 3. The van der Waals surface area contributed by atoms with E-state index in [4.69, 9.17) is 19.9 Å². The first kappa shape index (κ1) is 21.3. The van der Waals surface area contributed by atoms with Gasteiger partial charge in [-0.15, -0.1) is 0 Å². The summed E-state index contributed by atoms with van der Waals surface area (Å²) in [5.41, 5.74) is 6.57. The van der Waals surface area contributed by atoms with Gasteiger partial charge in [-0.05, 0) is 39.2 Å². The van der Waals surface area contributed by atoms with Gasteiger partial charge in [0.15, 0.2) is 0 Å². The molecule has 1 unspecified atom stereocenters. The zero-order valence-corrected chi connectivity index (χ0v) is 16.2. The average Bonchev–Trinajstić information content (AvgIpc) is 2.61. The third-order valence-electron chi connectivity index (χ3n) is 4.11. The Kier molecular flexibility index (Phi) is 6.73. The Morgan fingerprint density at radius 2 is 2.11 bits per heavy atom. The van der Waals surface area contributed by atoms with Gasteiger partial charge in [0.05, 0.1) is 24.2 Å². The molecule has 9 heteroatoms. The predicted octanol–water partition coefficient (Wildman–Crippen LogP) is 0.798. The van der Waals surface area contributed by atoms with Gasteiger partial charge in [0.2, 0.25) is 5.88 Å². The molecule has 148 valence electrons. The molecule has 1 atom stereocenters. The van der Waals surface area contributed by atoms with E-state index in [-0.39, 0.29) is 41.0 Å². The molecule has 0 spiro atoms. The van der Waals surface area contributed by atoms with Gasteiger partial charge in [-0.25, -0.2) is 4.79 Å². The lowest BCUT2D eigenvalue weighted by molar-refractivity contribution is -0.139. The summed E-state index contributed by atoms with van der Waals surface area (Å²) in [5.74, 6) is -1.16. The van der Waals surface area contributed by atoms with Gasteiger partial charge in [-0.1, -0.05) is 12.1 Å². The molecule has 2 rings (SSSR count). The Morgan fingerprint density at radius 1 is 1.43 bits per heavy atom. The summed E-state index contributed by atoms with van der Waals surface area (Å²) in [6.45, 7) is 7.00. The van der Waals surface area contributed by atoms with Crippen molar-refractivity contribution in [1.82, 2.24) is 0 Å². The van der Waals surface area contributed by atoms with Crippen molar-refractivity contribution in [2.45, 2.75) is 39.7 Å². The van der Waals surface area contributed by atoms with Gasteiger partial charge < -0.3 is 30.0 Å². The molecule has 0 saturated heterocycles. The van der Waals surface area contributed by atoms with Gasteiger partial charge in [-0.3, -0.25) is 0 Å². The lowest BCUT2D eigenvalue weighted by Gasteiger charge is -2.28. The molecule has 1 aromatic carbocycles. The fraction of sp³-hybridized carbons (Fsp3) is 0.368. The second-order valence-corrected chi connectivity index (χ2v) is 6.45. The summed E-state index contributed by atoms with van der Waals surface area (Å²) in [4.78, 5) is 12.6. The molecule has 0 bridgehead atoms. The van der Waals surface area contributed by atoms with Crippen LogP contribution < -0.4 is 15.9 Å². The first-order valence-electron chi connectivity index (χ1n) is 8.83. The smallest absolute Gasteiger partial charge is 0.488 e. The van der Waals surface area contributed by atoms with E-state index < -0.39 is 19.0 Å². The average molecular weight is 386 g/mol. The van der Waals surface area contributed by atoms with Crippen molar-refractivity contribution in [3.63, 3.8) is 0 Å². The molecule has 4 N–H and O–H groups in total. The Hall–Kier alpha value is -2.96. The minimum Gasteiger partial charge on any atom is -0.491 e. The lowest BCUT2D eigenvalue weighted by atomic mass is 9.75. The predicted molar refractivity (Wildman–Crippen MR) is 102 cm³/mol. The van der Waals surface area contributed by atoms with Crippen LogP contribution >= 0.6 is 0 Å². The van der Waals surface area contributed by atoms with Crippen LogP contribution in [0.1, 0.15) is 39.2 Å². The standard InChI is InChI=1S/C19H23BN2O6/c1-5-26-19(23)16-11(4)28-18(22)14(9-21)17(16)13-8-12(20(24)25)6-7-15(13)27-10(2)3/h6-8,10,17,24-25H,5,22H2,1-4H3. The molecule has 0 amide bonds. The Bertz CT molecular complexity index is 870. The molecule has 1 aromatic rings. The minimum atomic E-state index is -1.74. The highest BCUT2D eigenvalue weighted by molar-refractivity contribution is 6.58. The molecule has 28 heavy (non-hydrogen) atoms. The van der Waals surface area contributed by atoms with Crippen LogP contribution in [0.25, 0.3) is 0 Å². The van der Waals surface area contributed by atoms with Crippen molar-refractivity contribution < 1.29 is 29.1 Å². The number of esters is 1. The molecular formula is C19H23BN2O6. The number of benzene rings is 1. The highest BCUT2D eigenvalue weighted by atomic mass is 16.5. The van der Waals surface area contributed by atoms with Crippen molar-refractivity contribution in [2.75, 3.05) is 6.61 Å². The number of rotatable bonds is 6. The molecule has 0 fully saturated rings. The number of nitrogens with two attached hydrogens (primary N) is 1. The number of carbonyl (C=O) groups is 1. The van der Waals surface area contributed by atoms with Crippen LogP contribution in [0.5, 0.6) is 5.75 Å². The van der Waals surface area contributed by atoms with E-state index in [0.29, 0.717) is 11.3 Å². The van der Waals surface area contributed by atoms with E-state index in [0.717, 1.165) is 0 Å². The number of allylic oxidation sites excluding steroid dienone is 2. The van der Waals surface area contributed by atoms with Gasteiger partial charge >= 0.3 is 13.1 Å². The normalized spacial score (nSPS) is 16.6. The van der Waals surface area contributed by atoms with Crippen molar-refractivity contribution in [3.05, 3.63) is 46.6 Å². The summed E-state index contributed by atoms with van der Waals surface area (Å²) < 4.78 is 16.4. The number of carbonyl (C=O) groups excluding carboxylic acids is 1. The summed E-state index contributed by atoms with van der Waals surface area (Å²) in [6, 6.07) is 6.50. The fourth-order valence-electron chi connectivity index (χ4n) is 2.98. The Labute approximate surface area is 164 Å². The van der Waals surface area contributed by atoms with E-state index in [1.165, 1.54) is 12.1 Å². The molecule has 0 radical (unpaired) electrons. The molecule has 1 aliphatic heterocycles. The van der Waals surface area contributed by atoms with Gasteiger partial charge in [0, 0.05) is 5.56 Å². The molecule has 1 heterocycles. The number of hydrogen-bond acceptors (Lipinski definition) is 8. The highest BCUT2D eigenvalue weighted by Gasteiger charge is 2.38. The van der Waals surface area contributed by atoms with Crippen molar-refractivity contribution in [1.29, 1.82) is 5.26 Å². The molecule has 0 aromatic heterocycles. The summed E-state index contributed by atoms with van der Waals surface area (Å²) in [7, 11) is -1.74. The van der Waals surface area contributed by atoms with Crippen LogP contribution in [-0.4, -0.2) is 35.8 Å². The van der Waals surface area contributed by atoms with Gasteiger partial charge in [0.1, 0.15) is 23.2 Å². The SMILES string of the molecule is CCOC(=O)C1=C(C)OC(N)=C(C#N)C1c1cc(B(O)O)ccc1OC(C)C. The second-order valence-electron chi connectivity index (χ2n) is 6.45. The van der Waals surface area contributed by atoms with E-state index in [2.05, 4.69) is 0 Å². The molecule has 8 nitrogen and oxygen atoms in total. The monoisotopic (exact) mass is 386 g/mol. The number of nitriles is 1. The van der Waals surface area contributed by atoms with Crippen molar-refractivity contribution >= 4 is 18.6 Å². The molecule has 0 saturated carbocycles. The summed E-state index contributed by atoms with van der Waals surface area (Å²) in [6.07, 6.45) is -0.202. The molecule has 0 aliphatic carbocycles. The summed E-state index contributed by atoms with van der Waals surface area (Å²) >= 11 is 0. The van der Waals surface area contributed by atoms with E-state index in [9.17, 15) is 20.1 Å². The van der Waals surface area contributed by atoms with E-state index in [1.54, 1.807) is 19.9 Å². The third-order valence-corrected chi connectivity index (χ3v) is 4.11. The van der Waals surface area contributed by atoms with Crippen molar-refractivity contribution in [3.8, 4) is 11.8 Å². The van der Waals surface area contributed by atoms with Crippen molar-refractivity contribution in [2.24, 2.45) is 5.73 Å². The molecule has 1 aliphatic rings. The maximum Gasteiger partial charge on any atom is 0.488 e. The summed E-state index contributed by atoms with van der Waals surface area (Å²) in [5, 5.41) is 28.9. The largest absolute Gasteiger partial charge is 0.491 e. The van der Waals surface area contributed by atoms with Crippen LogP contribution in [0.4, 0.5) is 0 Å². The molecular weight excluding hydrogens is 363 g/mol. The Balaban J connectivity index is 2.77. The zero-order valence-electron chi connectivity index (χ0n) is 16.2. The van der Waals surface area contributed by atoms with Crippen LogP contribution in [0.15, 0.2) is 41.0 Å². The maximum atomic E-state index is 12.6. The zero-order chi connectivity index (χ0) is 21.0. The first-order valence-corrected chi connectivity index (χ1v) is 8.83.